The lowest BCUT2D eigenvalue weighted by molar-refractivity contribution is -0.136. The van der Waals surface area contributed by atoms with E-state index in [1.807, 2.05) is 31.0 Å². The first-order valence-electron chi connectivity index (χ1n) is 12.7. The number of hydrogen-bond donors (Lipinski definition) is 0. The third-order valence-electron chi connectivity index (χ3n) is 7.91. The van der Waals surface area contributed by atoms with Gasteiger partial charge in [0.25, 0.3) is 0 Å². The zero-order valence-electron chi connectivity index (χ0n) is 21.4. The van der Waals surface area contributed by atoms with Crippen LogP contribution in [0.15, 0.2) is 36.5 Å². The second kappa shape index (κ2) is 11.7. The van der Waals surface area contributed by atoms with E-state index < -0.39 is 0 Å². The number of likely N-dealkylation sites (tertiary alicyclic amines) is 1. The molecule has 2 fully saturated rings. The molecule has 4 rings (SSSR count). The summed E-state index contributed by atoms with van der Waals surface area (Å²) in [6, 6.07) is 11.3. The number of benzene rings is 1. The predicted molar refractivity (Wildman–Crippen MR) is 143 cm³/mol. The highest BCUT2D eigenvalue weighted by Gasteiger charge is 2.42. The molecular weight excluding hydrogens is 511 g/mol. The molecule has 0 spiro atoms. The molecule has 7 nitrogen and oxygen atoms in total. The number of aromatic nitrogens is 1. The third kappa shape index (κ3) is 6.19. The van der Waals surface area contributed by atoms with Crippen LogP contribution in [-0.2, 0) is 9.59 Å². The fourth-order valence-corrected chi connectivity index (χ4v) is 5.91. The van der Waals surface area contributed by atoms with Crippen LogP contribution in [0.1, 0.15) is 56.6 Å². The Morgan fingerprint density at radius 3 is 2.46 bits per heavy atom. The van der Waals surface area contributed by atoms with E-state index >= 15 is 0 Å². The van der Waals surface area contributed by atoms with Crippen molar-refractivity contribution in [1.82, 2.24) is 14.8 Å². The second-order valence-corrected chi connectivity index (χ2v) is 11.0. The summed E-state index contributed by atoms with van der Waals surface area (Å²) in [6.07, 6.45) is 4.48. The number of nitriles is 1. The van der Waals surface area contributed by atoms with Gasteiger partial charge in [-0.2, -0.15) is 5.26 Å². The maximum absolute atomic E-state index is 13.6. The number of carbonyl (C=O) groups excluding carboxylic acids is 2. The van der Waals surface area contributed by atoms with Gasteiger partial charge < -0.3 is 14.5 Å². The average Bonchev–Trinajstić information content (AvgIpc) is 3.35. The van der Waals surface area contributed by atoms with Gasteiger partial charge in [0.05, 0.1) is 15.6 Å². The van der Waals surface area contributed by atoms with Crippen molar-refractivity contribution in [2.45, 2.75) is 57.6 Å². The summed E-state index contributed by atoms with van der Waals surface area (Å²) in [5.41, 5.74) is 1.49. The Balaban J connectivity index is 1.50. The van der Waals surface area contributed by atoms with Gasteiger partial charge in [-0.25, -0.2) is 4.98 Å². The van der Waals surface area contributed by atoms with Crippen molar-refractivity contribution in [3.8, 4) is 11.9 Å². The Bertz CT molecular complexity index is 1170. The summed E-state index contributed by atoms with van der Waals surface area (Å²) in [5, 5.41) is 10.0. The fourth-order valence-electron chi connectivity index (χ4n) is 5.60. The van der Waals surface area contributed by atoms with Crippen LogP contribution < -0.4 is 4.74 Å². The Morgan fingerprint density at radius 2 is 1.86 bits per heavy atom. The van der Waals surface area contributed by atoms with Crippen LogP contribution in [0.25, 0.3) is 0 Å². The zero-order valence-corrected chi connectivity index (χ0v) is 22.9. The molecule has 0 bridgehead atoms. The van der Waals surface area contributed by atoms with E-state index in [0.717, 1.165) is 31.2 Å². The van der Waals surface area contributed by atoms with Gasteiger partial charge in [0.2, 0.25) is 17.7 Å². The van der Waals surface area contributed by atoms with Gasteiger partial charge in [-0.05, 0) is 56.4 Å². The summed E-state index contributed by atoms with van der Waals surface area (Å²) >= 11 is 12.5. The predicted octanol–water partition coefficient (Wildman–Crippen LogP) is 5.31. The first-order valence-corrected chi connectivity index (χ1v) is 13.4. The lowest BCUT2D eigenvalue weighted by Crippen LogP contribution is -2.42. The molecule has 0 N–H and O–H groups in total. The largest absolute Gasteiger partial charge is 0.474 e. The zero-order chi connectivity index (χ0) is 26.7. The van der Waals surface area contributed by atoms with Crippen molar-refractivity contribution in [3.63, 3.8) is 0 Å². The van der Waals surface area contributed by atoms with E-state index in [4.69, 9.17) is 33.2 Å². The van der Waals surface area contributed by atoms with Crippen LogP contribution in [0.2, 0.25) is 10.0 Å². The van der Waals surface area contributed by atoms with Crippen molar-refractivity contribution in [3.05, 3.63) is 57.7 Å². The molecule has 0 unspecified atom stereocenters. The van der Waals surface area contributed by atoms with E-state index in [0.29, 0.717) is 34.6 Å². The molecule has 0 radical (unpaired) electrons. The van der Waals surface area contributed by atoms with Crippen molar-refractivity contribution < 1.29 is 14.3 Å². The topological polar surface area (TPSA) is 86.5 Å². The molecular formula is C28H32Cl2N4O3. The first-order chi connectivity index (χ1) is 17.7. The molecule has 1 aliphatic heterocycles. The van der Waals surface area contributed by atoms with Crippen LogP contribution in [0.5, 0.6) is 5.88 Å². The van der Waals surface area contributed by atoms with E-state index in [-0.39, 0.29) is 41.7 Å². The lowest BCUT2D eigenvalue weighted by atomic mass is 9.84. The maximum atomic E-state index is 13.6. The van der Waals surface area contributed by atoms with Crippen molar-refractivity contribution >= 4 is 35.0 Å². The van der Waals surface area contributed by atoms with Crippen LogP contribution >= 0.6 is 23.2 Å². The number of carbonyl (C=O) groups is 2. The third-order valence-corrected chi connectivity index (χ3v) is 8.65. The second-order valence-electron chi connectivity index (χ2n) is 10.1. The molecule has 1 saturated heterocycles. The highest BCUT2D eigenvalue weighted by atomic mass is 35.5. The highest BCUT2D eigenvalue weighted by molar-refractivity contribution is 6.42. The number of pyridine rings is 1. The highest BCUT2D eigenvalue weighted by Crippen LogP contribution is 2.40. The fraction of sp³-hybridized carbons (Fsp3) is 0.500. The number of amides is 2. The van der Waals surface area contributed by atoms with Gasteiger partial charge in [0.15, 0.2) is 0 Å². The molecule has 2 amide bonds. The molecule has 9 heteroatoms. The van der Waals surface area contributed by atoms with Gasteiger partial charge in [0.1, 0.15) is 12.2 Å². The number of hydrogen-bond acceptors (Lipinski definition) is 5. The SMILES string of the molecule is CC(=O)N(C)[C@H]1CC[C@H](C(=O)N2C[C@H]([C@H](C)Oc3ccc(C#N)cn3)[C@@H](c3ccc(Cl)c(Cl)c3)C2)CC1. The minimum Gasteiger partial charge on any atom is -0.474 e. The molecule has 1 saturated carbocycles. The normalized spacial score (nSPS) is 24.3. The van der Waals surface area contributed by atoms with Crippen molar-refractivity contribution in [2.24, 2.45) is 11.8 Å². The molecule has 1 aromatic carbocycles. The number of rotatable bonds is 6. The molecule has 2 aromatic rings. The molecule has 1 aromatic heterocycles. The van der Waals surface area contributed by atoms with Crippen LogP contribution in [0.3, 0.4) is 0 Å². The Morgan fingerprint density at radius 1 is 1.14 bits per heavy atom. The molecule has 37 heavy (non-hydrogen) atoms. The quantitative estimate of drug-likeness (QED) is 0.493. The van der Waals surface area contributed by atoms with Gasteiger partial charge in [0, 0.05) is 63.1 Å². The summed E-state index contributed by atoms with van der Waals surface area (Å²) in [5.74, 6) is 0.664. The number of ether oxygens (including phenoxy) is 1. The minimum atomic E-state index is -0.238. The molecule has 2 aliphatic rings. The van der Waals surface area contributed by atoms with Crippen LogP contribution in [-0.4, -0.2) is 58.9 Å². The molecule has 196 valence electrons. The molecule has 1 aliphatic carbocycles. The van der Waals surface area contributed by atoms with Crippen molar-refractivity contribution in [1.29, 1.82) is 5.26 Å². The van der Waals surface area contributed by atoms with Gasteiger partial charge in [-0.15, -0.1) is 0 Å². The summed E-state index contributed by atoms with van der Waals surface area (Å²) in [7, 11) is 1.84. The molecule has 2 heterocycles. The van der Waals surface area contributed by atoms with Crippen molar-refractivity contribution in [2.75, 3.05) is 20.1 Å². The summed E-state index contributed by atoms with van der Waals surface area (Å²) in [4.78, 5) is 33.4. The van der Waals surface area contributed by atoms with Crippen LogP contribution in [0.4, 0.5) is 0 Å². The number of nitrogens with zero attached hydrogens (tertiary/aromatic N) is 4. The Kier molecular flexibility index (Phi) is 8.61. The smallest absolute Gasteiger partial charge is 0.225 e. The maximum Gasteiger partial charge on any atom is 0.225 e. The standard InChI is InChI=1S/C28H32Cl2N4O3/c1-17(37-27-11-4-19(13-31)14-32-27)23-15-34(16-24(23)21-7-10-25(29)26(30)12-21)28(36)20-5-8-22(9-6-20)33(3)18(2)35/h4,7,10-12,14,17,20,22-24H,5-6,8-9,15-16H2,1-3H3/t17-,20-,22-,23+,24+/m0/s1. The monoisotopic (exact) mass is 542 g/mol. The Hall–Kier alpha value is -2.82. The van der Waals surface area contributed by atoms with E-state index in [9.17, 15) is 9.59 Å². The first kappa shape index (κ1) is 27.2. The minimum absolute atomic E-state index is 0.0128. The van der Waals surface area contributed by atoms with E-state index in [1.54, 1.807) is 30.0 Å². The Labute approximate surface area is 228 Å². The average molecular weight is 543 g/mol. The van der Waals surface area contributed by atoms with E-state index in [1.165, 1.54) is 6.20 Å². The summed E-state index contributed by atoms with van der Waals surface area (Å²) in [6.45, 7) is 4.71. The summed E-state index contributed by atoms with van der Waals surface area (Å²) < 4.78 is 6.18. The molecule has 3 atom stereocenters. The van der Waals surface area contributed by atoms with Gasteiger partial charge >= 0.3 is 0 Å². The van der Waals surface area contributed by atoms with Gasteiger partial charge in [-0.3, -0.25) is 9.59 Å². The van der Waals surface area contributed by atoms with Gasteiger partial charge in [-0.1, -0.05) is 29.3 Å². The van der Waals surface area contributed by atoms with E-state index in [2.05, 4.69) is 11.1 Å². The number of halogens is 2. The lowest BCUT2D eigenvalue weighted by Gasteiger charge is -2.35. The van der Waals surface area contributed by atoms with Crippen LogP contribution in [0, 0.1) is 23.2 Å².